The summed E-state index contributed by atoms with van der Waals surface area (Å²) in [4.78, 5) is 25.0. The van der Waals surface area contributed by atoms with E-state index in [1.165, 1.54) is 54.6 Å². The summed E-state index contributed by atoms with van der Waals surface area (Å²) >= 11 is 0. The van der Waals surface area contributed by atoms with Gasteiger partial charge in [-0.05, 0) is 48.9 Å². The van der Waals surface area contributed by atoms with E-state index >= 15 is 0 Å². The van der Waals surface area contributed by atoms with E-state index < -0.39 is 30.4 Å². The molecule has 0 aromatic heterocycles. The SMILES string of the molecule is Cc1ccc(C(=O)Nc2cccc(OCC(F)(F)F)c2)cc1NC(=O)c1ccccc1F. The third-order valence-corrected chi connectivity index (χ3v) is 4.36. The van der Waals surface area contributed by atoms with Crippen molar-refractivity contribution < 1.29 is 31.9 Å². The molecule has 3 aromatic rings. The molecule has 32 heavy (non-hydrogen) atoms. The summed E-state index contributed by atoms with van der Waals surface area (Å²) in [6.45, 7) is 0.257. The van der Waals surface area contributed by atoms with Crippen molar-refractivity contribution in [1.29, 1.82) is 0 Å². The third-order valence-electron chi connectivity index (χ3n) is 4.36. The molecule has 0 atom stereocenters. The second-order valence-electron chi connectivity index (χ2n) is 6.85. The van der Waals surface area contributed by atoms with Gasteiger partial charge in [0.25, 0.3) is 11.8 Å². The van der Waals surface area contributed by atoms with Gasteiger partial charge in [-0.25, -0.2) is 4.39 Å². The molecule has 0 aliphatic carbocycles. The first-order valence-corrected chi connectivity index (χ1v) is 9.40. The van der Waals surface area contributed by atoms with Gasteiger partial charge in [0.05, 0.1) is 5.56 Å². The third kappa shape index (κ3) is 6.07. The van der Waals surface area contributed by atoms with E-state index in [-0.39, 0.29) is 22.6 Å². The van der Waals surface area contributed by atoms with Gasteiger partial charge in [0, 0.05) is 23.0 Å². The van der Waals surface area contributed by atoms with Gasteiger partial charge in [-0.2, -0.15) is 13.2 Å². The van der Waals surface area contributed by atoms with Crippen LogP contribution in [-0.2, 0) is 0 Å². The number of halogens is 4. The lowest BCUT2D eigenvalue weighted by molar-refractivity contribution is -0.153. The van der Waals surface area contributed by atoms with E-state index in [0.29, 0.717) is 11.3 Å². The monoisotopic (exact) mass is 446 g/mol. The first kappa shape index (κ1) is 22.8. The number of hydrogen-bond donors (Lipinski definition) is 2. The van der Waals surface area contributed by atoms with Crippen LogP contribution < -0.4 is 15.4 Å². The highest BCUT2D eigenvalue weighted by molar-refractivity contribution is 6.08. The molecule has 0 aliphatic heterocycles. The van der Waals surface area contributed by atoms with Gasteiger partial charge in [-0.3, -0.25) is 9.59 Å². The van der Waals surface area contributed by atoms with E-state index in [0.717, 1.165) is 6.07 Å². The molecule has 0 saturated carbocycles. The second kappa shape index (κ2) is 9.51. The van der Waals surface area contributed by atoms with Crippen LogP contribution in [0.1, 0.15) is 26.3 Å². The molecule has 0 saturated heterocycles. The maximum atomic E-state index is 13.8. The van der Waals surface area contributed by atoms with Crippen molar-refractivity contribution in [2.24, 2.45) is 0 Å². The van der Waals surface area contributed by atoms with Gasteiger partial charge in [-0.15, -0.1) is 0 Å². The quantitative estimate of drug-likeness (QED) is 0.486. The van der Waals surface area contributed by atoms with Crippen molar-refractivity contribution in [1.82, 2.24) is 0 Å². The standard InChI is InChI=1S/C23H18F4N2O3/c1-14-9-10-15(11-20(14)29-22(31)18-7-2-3-8-19(18)24)21(30)28-16-5-4-6-17(12-16)32-13-23(25,26)27/h2-12H,13H2,1H3,(H,28,30)(H,29,31). The summed E-state index contributed by atoms with van der Waals surface area (Å²) in [5, 5.41) is 5.14. The molecule has 0 spiro atoms. The lowest BCUT2D eigenvalue weighted by atomic mass is 10.1. The molecule has 0 heterocycles. The number of rotatable bonds is 6. The Bertz CT molecular complexity index is 1150. The summed E-state index contributed by atoms with van der Waals surface area (Å²) in [6.07, 6.45) is -4.48. The topological polar surface area (TPSA) is 67.4 Å². The maximum absolute atomic E-state index is 13.8. The highest BCUT2D eigenvalue weighted by atomic mass is 19.4. The number of benzene rings is 3. The lowest BCUT2D eigenvalue weighted by Crippen LogP contribution is -2.19. The van der Waals surface area contributed by atoms with E-state index in [2.05, 4.69) is 15.4 Å². The summed E-state index contributed by atoms with van der Waals surface area (Å²) in [6, 6.07) is 15.6. The van der Waals surface area contributed by atoms with Crippen LogP contribution in [0.3, 0.4) is 0 Å². The number of nitrogens with one attached hydrogen (secondary N) is 2. The highest BCUT2D eigenvalue weighted by Crippen LogP contribution is 2.23. The molecule has 9 heteroatoms. The number of carbonyl (C=O) groups excluding carboxylic acids is 2. The Labute approximate surface area is 181 Å². The van der Waals surface area contributed by atoms with Gasteiger partial charge < -0.3 is 15.4 Å². The molecule has 166 valence electrons. The van der Waals surface area contributed by atoms with Crippen molar-refractivity contribution in [2.45, 2.75) is 13.1 Å². The Morgan fingerprint density at radius 2 is 1.66 bits per heavy atom. The number of hydrogen-bond acceptors (Lipinski definition) is 3. The lowest BCUT2D eigenvalue weighted by Gasteiger charge is -2.13. The fourth-order valence-corrected chi connectivity index (χ4v) is 2.76. The van der Waals surface area contributed by atoms with E-state index in [1.54, 1.807) is 13.0 Å². The van der Waals surface area contributed by atoms with E-state index in [1.807, 2.05) is 0 Å². The van der Waals surface area contributed by atoms with Crippen LogP contribution in [0.5, 0.6) is 5.75 Å². The summed E-state index contributed by atoms with van der Waals surface area (Å²) in [7, 11) is 0. The van der Waals surface area contributed by atoms with E-state index in [4.69, 9.17) is 0 Å². The minimum Gasteiger partial charge on any atom is -0.484 e. The van der Waals surface area contributed by atoms with Crippen LogP contribution in [0.25, 0.3) is 0 Å². The molecule has 3 rings (SSSR count). The molecular weight excluding hydrogens is 428 g/mol. The van der Waals surface area contributed by atoms with Crippen LogP contribution in [0, 0.1) is 12.7 Å². The summed E-state index contributed by atoms with van der Waals surface area (Å²) in [5.74, 6) is -1.95. The molecule has 2 N–H and O–H groups in total. The molecular formula is C23H18F4N2O3. The van der Waals surface area contributed by atoms with Gasteiger partial charge in [0.1, 0.15) is 11.6 Å². The normalized spacial score (nSPS) is 11.0. The van der Waals surface area contributed by atoms with Crippen LogP contribution in [-0.4, -0.2) is 24.6 Å². The van der Waals surface area contributed by atoms with Crippen LogP contribution in [0.15, 0.2) is 66.7 Å². The molecule has 0 bridgehead atoms. The Hall–Kier alpha value is -3.88. The van der Waals surface area contributed by atoms with Crippen molar-refractivity contribution in [3.05, 3.63) is 89.2 Å². The van der Waals surface area contributed by atoms with Gasteiger partial charge in [0.2, 0.25) is 0 Å². The zero-order chi connectivity index (χ0) is 23.3. The average molecular weight is 446 g/mol. The fraction of sp³-hybridized carbons (Fsp3) is 0.130. The Morgan fingerprint density at radius 3 is 2.38 bits per heavy atom. The number of alkyl halides is 3. The van der Waals surface area contributed by atoms with Crippen molar-refractivity contribution >= 4 is 23.2 Å². The summed E-state index contributed by atoms with van der Waals surface area (Å²) < 4.78 is 55.5. The molecule has 0 unspecified atom stereocenters. The Kier molecular flexibility index (Phi) is 6.77. The Balaban J connectivity index is 1.73. The fourth-order valence-electron chi connectivity index (χ4n) is 2.76. The number of amides is 2. The minimum atomic E-state index is -4.48. The smallest absolute Gasteiger partial charge is 0.422 e. The molecule has 0 radical (unpaired) electrons. The average Bonchev–Trinajstić information content (AvgIpc) is 2.74. The first-order chi connectivity index (χ1) is 15.1. The van der Waals surface area contributed by atoms with Gasteiger partial charge >= 0.3 is 6.18 Å². The van der Waals surface area contributed by atoms with Gasteiger partial charge in [-0.1, -0.05) is 24.3 Å². The molecule has 3 aromatic carbocycles. The van der Waals surface area contributed by atoms with Crippen molar-refractivity contribution in [2.75, 3.05) is 17.2 Å². The molecule has 0 aliphatic rings. The zero-order valence-corrected chi connectivity index (χ0v) is 16.8. The molecule has 2 amide bonds. The Morgan fingerprint density at radius 1 is 0.906 bits per heavy atom. The largest absolute Gasteiger partial charge is 0.484 e. The number of ether oxygens (including phenoxy) is 1. The predicted octanol–water partition coefficient (Wildman–Crippen LogP) is 5.58. The van der Waals surface area contributed by atoms with Gasteiger partial charge in [0.15, 0.2) is 6.61 Å². The van der Waals surface area contributed by atoms with Crippen molar-refractivity contribution in [3.63, 3.8) is 0 Å². The number of anilines is 2. The molecule has 0 fully saturated rings. The van der Waals surface area contributed by atoms with Crippen LogP contribution >= 0.6 is 0 Å². The molecule has 5 nitrogen and oxygen atoms in total. The highest BCUT2D eigenvalue weighted by Gasteiger charge is 2.28. The number of aryl methyl sites for hydroxylation is 1. The van der Waals surface area contributed by atoms with Crippen molar-refractivity contribution in [3.8, 4) is 5.75 Å². The van der Waals surface area contributed by atoms with Crippen LogP contribution in [0.2, 0.25) is 0 Å². The number of carbonyl (C=O) groups is 2. The second-order valence-corrected chi connectivity index (χ2v) is 6.85. The maximum Gasteiger partial charge on any atom is 0.422 e. The minimum absolute atomic E-state index is 0.0538. The predicted molar refractivity (Wildman–Crippen MR) is 111 cm³/mol. The van der Waals surface area contributed by atoms with E-state index in [9.17, 15) is 27.2 Å². The first-order valence-electron chi connectivity index (χ1n) is 9.40. The summed E-state index contributed by atoms with van der Waals surface area (Å²) in [5.41, 5.74) is 1.23. The van der Waals surface area contributed by atoms with Crippen LogP contribution in [0.4, 0.5) is 28.9 Å². The zero-order valence-electron chi connectivity index (χ0n) is 16.8.